The van der Waals surface area contributed by atoms with Gasteiger partial charge in [-0.3, -0.25) is 4.79 Å². The number of nitrogens with zero attached hydrogens (tertiary/aromatic N) is 2. The third kappa shape index (κ3) is 2.60. The van der Waals surface area contributed by atoms with Gasteiger partial charge in [-0.05, 0) is 43.3 Å². The van der Waals surface area contributed by atoms with Crippen LogP contribution in [0.4, 0.5) is 4.39 Å². The molecule has 0 bridgehead atoms. The van der Waals surface area contributed by atoms with Crippen molar-refractivity contribution >= 4 is 5.78 Å². The van der Waals surface area contributed by atoms with Crippen LogP contribution in [0.3, 0.4) is 0 Å². The Morgan fingerprint density at radius 2 is 1.71 bits per heavy atom. The Balaban J connectivity index is 2.14. The smallest absolute Gasteiger partial charge is 0.163 e. The Morgan fingerprint density at radius 1 is 1.05 bits per heavy atom. The zero-order chi connectivity index (χ0) is 14.8. The summed E-state index contributed by atoms with van der Waals surface area (Å²) in [5.74, 6) is -0.387. The first-order valence-corrected chi connectivity index (χ1v) is 6.57. The molecule has 0 amide bonds. The van der Waals surface area contributed by atoms with Crippen LogP contribution in [0.5, 0.6) is 0 Å². The lowest BCUT2D eigenvalue weighted by Gasteiger charge is -2.00. The molecule has 4 heteroatoms. The van der Waals surface area contributed by atoms with Crippen LogP contribution in [-0.2, 0) is 0 Å². The number of halogens is 1. The van der Waals surface area contributed by atoms with Gasteiger partial charge in [0.2, 0.25) is 0 Å². The summed E-state index contributed by atoms with van der Waals surface area (Å²) in [6.07, 6.45) is 1.70. The maximum Gasteiger partial charge on any atom is 0.163 e. The van der Waals surface area contributed by atoms with Crippen molar-refractivity contribution < 1.29 is 9.18 Å². The summed E-state index contributed by atoms with van der Waals surface area (Å²) < 4.78 is 14.7. The number of hydrogen-bond acceptors (Lipinski definition) is 2. The van der Waals surface area contributed by atoms with Crippen LogP contribution in [0.25, 0.3) is 16.9 Å². The SMILES string of the molecule is CC(=O)c1cn(-c2ccccc2)nc1-c1ccc(F)cc1. The minimum Gasteiger partial charge on any atom is -0.294 e. The molecule has 1 heterocycles. The lowest BCUT2D eigenvalue weighted by molar-refractivity contribution is 0.101. The molecular formula is C17H13FN2O. The molecule has 0 aliphatic heterocycles. The number of rotatable bonds is 3. The maximum atomic E-state index is 13.0. The maximum absolute atomic E-state index is 13.0. The van der Waals surface area contributed by atoms with Gasteiger partial charge in [0, 0.05) is 11.8 Å². The number of Topliss-reactive ketones (excluding diaryl/α,β-unsaturated/α-hetero) is 1. The molecule has 1 aromatic heterocycles. The molecule has 0 spiro atoms. The van der Waals surface area contributed by atoms with Crippen LogP contribution in [0, 0.1) is 5.82 Å². The van der Waals surface area contributed by atoms with Crippen molar-refractivity contribution in [1.82, 2.24) is 9.78 Å². The molecular weight excluding hydrogens is 267 g/mol. The van der Waals surface area contributed by atoms with Gasteiger partial charge in [-0.2, -0.15) is 5.10 Å². The third-order valence-corrected chi connectivity index (χ3v) is 3.23. The second-order valence-corrected chi connectivity index (χ2v) is 4.73. The van der Waals surface area contributed by atoms with Gasteiger partial charge in [-0.25, -0.2) is 9.07 Å². The summed E-state index contributed by atoms with van der Waals surface area (Å²) in [6, 6.07) is 15.5. The number of aromatic nitrogens is 2. The van der Waals surface area contributed by atoms with Crippen LogP contribution in [0.2, 0.25) is 0 Å². The Morgan fingerprint density at radius 3 is 2.33 bits per heavy atom. The number of benzene rings is 2. The van der Waals surface area contributed by atoms with E-state index in [1.807, 2.05) is 30.3 Å². The van der Waals surface area contributed by atoms with Crippen LogP contribution >= 0.6 is 0 Å². The van der Waals surface area contributed by atoms with Gasteiger partial charge >= 0.3 is 0 Å². The van der Waals surface area contributed by atoms with Gasteiger partial charge in [0.15, 0.2) is 5.78 Å². The van der Waals surface area contributed by atoms with Crippen molar-refractivity contribution in [2.45, 2.75) is 6.92 Å². The van der Waals surface area contributed by atoms with Gasteiger partial charge < -0.3 is 0 Å². The molecule has 0 radical (unpaired) electrons. The van der Waals surface area contributed by atoms with E-state index in [1.54, 1.807) is 23.0 Å². The topological polar surface area (TPSA) is 34.9 Å². The lowest BCUT2D eigenvalue weighted by atomic mass is 10.1. The van der Waals surface area contributed by atoms with E-state index >= 15 is 0 Å². The van der Waals surface area contributed by atoms with Crippen LogP contribution in [-0.4, -0.2) is 15.6 Å². The van der Waals surface area contributed by atoms with Crippen LogP contribution in [0.15, 0.2) is 60.8 Å². The van der Waals surface area contributed by atoms with Crippen molar-refractivity contribution in [3.05, 3.63) is 72.2 Å². The largest absolute Gasteiger partial charge is 0.294 e. The molecule has 0 fully saturated rings. The van der Waals surface area contributed by atoms with E-state index in [-0.39, 0.29) is 11.6 Å². The van der Waals surface area contributed by atoms with Gasteiger partial charge in [-0.1, -0.05) is 18.2 Å². The van der Waals surface area contributed by atoms with E-state index < -0.39 is 0 Å². The summed E-state index contributed by atoms with van der Waals surface area (Å²) in [7, 11) is 0. The average Bonchev–Trinajstić information content (AvgIpc) is 2.94. The third-order valence-electron chi connectivity index (χ3n) is 3.23. The van der Waals surface area contributed by atoms with Crippen LogP contribution in [0.1, 0.15) is 17.3 Å². The average molecular weight is 280 g/mol. The molecule has 3 nitrogen and oxygen atoms in total. The molecule has 0 atom stereocenters. The fourth-order valence-corrected chi connectivity index (χ4v) is 2.17. The van der Waals surface area contributed by atoms with Crippen molar-refractivity contribution in [1.29, 1.82) is 0 Å². The first kappa shape index (κ1) is 13.2. The minimum absolute atomic E-state index is 0.0727. The normalized spacial score (nSPS) is 10.6. The Bertz CT molecular complexity index is 776. The molecule has 2 aromatic carbocycles. The highest BCUT2D eigenvalue weighted by Crippen LogP contribution is 2.24. The molecule has 0 N–H and O–H groups in total. The van der Waals surface area contributed by atoms with E-state index in [0.29, 0.717) is 11.3 Å². The molecule has 21 heavy (non-hydrogen) atoms. The summed E-state index contributed by atoms with van der Waals surface area (Å²) in [5.41, 5.74) is 2.67. The van der Waals surface area contributed by atoms with Crippen molar-refractivity contribution in [2.24, 2.45) is 0 Å². The molecule has 0 saturated heterocycles. The molecule has 0 aliphatic carbocycles. The number of carbonyl (C=O) groups is 1. The first-order chi connectivity index (χ1) is 10.1. The van der Waals surface area contributed by atoms with E-state index in [0.717, 1.165) is 11.3 Å². The molecule has 3 aromatic rings. The highest BCUT2D eigenvalue weighted by atomic mass is 19.1. The quantitative estimate of drug-likeness (QED) is 0.682. The number of para-hydroxylation sites is 1. The van der Waals surface area contributed by atoms with Gasteiger partial charge in [0.05, 0.1) is 11.3 Å². The summed E-state index contributed by atoms with van der Waals surface area (Å²) in [4.78, 5) is 11.8. The number of hydrogen-bond donors (Lipinski definition) is 0. The molecule has 104 valence electrons. The second-order valence-electron chi connectivity index (χ2n) is 4.73. The van der Waals surface area contributed by atoms with Crippen LogP contribution < -0.4 is 0 Å². The van der Waals surface area contributed by atoms with Gasteiger partial charge in [0.25, 0.3) is 0 Å². The highest BCUT2D eigenvalue weighted by Gasteiger charge is 2.15. The standard InChI is InChI=1S/C17H13FN2O/c1-12(21)16-11-20(15-5-3-2-4-6-15)19-17(16)13-7-9-14(18)10-8-13/h2-11H,1H3. The zero-order valence-electron chi connectivity index (χ0n) is 11.5. The van der Waals surface area contributed by atoms with E-state index in [2.05, 4.69) is 5.10 Å². The van der Waals surface area contributed by atoms with Gasteiger partial charge in [0.1, 0.15) is 11.5 Å². The minimum atomic E-state index is -0.314. The van der Waals surface area contributed by atoms with E-state index in [1.165, 1.54) is 19.1 Å². The molecule has 3 rings (SSSR count). The summed E-state index contributed by atoms with van der Waals surface area (Å²) in [6.45, 7) is 1.50. The Hall–Kier alpha value is -2.75. The fourth-order valence-electron chi connectivity index (χ4n) is 2.17. The van der Waals surface area contributed by atoms with Crippen molar-refractivity contribution in [2.75, 3.05) is 0 Å². The fraction of sp³-hybridized carbons (Fsp3) is 0.0588. The zero-order valence-corrected chi connectivity index (χ0v) is 11.5. The second kappa shape index (κ2) is 5.32. The molecule has 0 aliphatic rings. The molecule has 0 saturated carbocycles. The van der Waals surface area contributed by atoms with Gasteiger partial charge in [-0.15, -0.1) is 0 Å². The number of ketones is 1. The predicted molar refractivity (Wildman–Crippen MR) is 79.0 cm³/mol. The van der Waals surface area contributed by atoms with Crippen molar-refractivity contribution in [3.63, 3.8) is 0 Å². The predicted octanol–water partition coefficient (Wildman–Crippen LogP) is 3.88. The monoisotopic (exact) mass is 280 g/mol. The summed E-state index contributed by atoms with van der Waals surface area (Å²) in [5, 5.41) is 4.47. The Labute approximate surface area is 121 Å². The molecule has 0 unspecified atom stereocenters. The highest BCUT2D eigenvalue weighted by molar-refractivity contribution is 5.99. The Kier molecular flexibility index (Phi) is 3.36. The van der Waals surface area contributed by atoms with Crippen molar-refractivity contribution in [3.8, 4) is 16.9 Å². The summed E-state index contributed by atoms with van der Waals surface area (Å²) >= 11 is 0. The number of carbonyl (C=O) groups excluding carboxylic acids is 1. The van der Waals surface area contributed by atoms with E-state index in [4.69, 9.17) is 0 Å². The lowest BCUT2D eigenvalue weighted by Crippen LogP contribution is -1.94. The first-order valence-electron chi connectivity index (χ1n) is 6.57. The van der Waals surface area contributed by atoms with E-state index in [9.17, 15) is 9.18 Å².